The molecule has 5 aliphatic rings. The van der Waals surface area contributed by atoms with Crippen LogP contribution in [0.25, 0.3) is 0 Å². The summed E-state index contributed by atoms with van der Waals surface area (Å²) in [4.78, 5) is 23.8. The van der Waals surface area contributed by atoms with Crippen LogP contribution in [-0.2, 0) is 14.3 Å². The Morgan fingerprint density at radius 3 is 2.63 bits per heavy atom. The largest absolute Gasteiger partial charge is 0.462 e. The maximum absolute atomic E-state index is 12.0. The van der Waals surface area contributed by atoms with Crippen molar-refractivity contribution in [3.8, 4) is 0 Å². The fourth-order valence-electron chi connectivity index (χ4n) is 6.64. The summed E-state index contributed by atoms with van der Waals surface area (Å²) in [6.07, 6.45) is 14.2. The minimum atomic E-state index is -0.0271. The van der Waals surface area contributed by atoms with E-state index >= 15 is 0 Å². The van der Waals surface area contributed by atoms with Gasteiger partial charge in [0.2, 0.25) is 0 Å². The van der Waals surface area contributed by atoms with Gasteiger partial charge < -0.3 is 4.74 Å². The summed E-state index contributed by atoms with van der Waals surface area (Å²) >= 11 is 0. The first-order valence-corrected chi connectivity index (χ1v) is 10.7. The molecule has 1 aliphatic heterocycles. The van der Waals surface area contributed by atoms with Gasteiger partial charge in [0, 0.05) is 29.6 Å². The Hall–Kier alpha value is -1.64. The lowest BCUT2D eigenvalue weighted by atomic mass is 9.51. The first-order valence-electron chi connectivity index (χ1n) is 10.7. The number of hydrogen-bond acceptors (Lipinski definition) is 3. The van der Waals surface area contributed by atoms with Crippen LogP contribution in [0.4, 0.5) is 0 Å². The molecule has 0 spiro atoms. The van der Waals surface area contributed by atoms with Crippen molar-refractivity contribution < 1.29 is 14.3 Å². The van der Waals surface area contributed by atoms with Gasteiger partial charge in [0.15, 0.2) is 5.78 Å². The van der Waals surface area contributed by atoms with Crippen molar-refractivity contribution in [1.82, 2.24) is 0 Å². The van der Waals surface area contributed by atoms with Crippen LogP contribution in [0.15, 0.2) is 35.5 Å². The molecule has 0 radical (unpaired) electrons. The first kappa shape index (κ1) is 17.5. The summed E-state index contributed by atoms with van der Waals surface area (Å²) in [5, 5.41) is 0. The normalized spacial score (nSPS) is 48.3. The van der Waals surface area contributed by atoms with Crippen LogP contribution in [0.2, 0.25) is 0 Å². The molecule has 1 saturated heterocycles. The van der Waals surface area contributed by atoms with Gasteiger partial charge >= 0.3 is 5.97 Å². The Morgan fingerprint density at radius 2 is 1.96 bits per heavy atom. The SMILES string of the molecule is C[C@H]1C[C@H]1C1C2C=CC3=CC(=O)CC[C@]3(C)C2=CC[C@]1(C)[C@H]1CCC(=O)O1. The third-order valence-electron chi connectivity index (χ3n) is 8.47. The third-order valence-corrected chi connectivity index (χ3v) is 8.47. The van der Waals surface area contributed by atoms with E-state index in [1.165, 1.54) is 17.6 Å². The quantitative estimate of drug-likeness (QED) is 0.522. The summed E-state index contributed by atoms with van der Waals surface area (Å²) in [5.74, 6) is 2.64. The maximum atomic E-state index is 12.0. The number of ketones is 1. The number of cyclic esters (lactones) is 1. The minimum Gasteiger partial charge on any atom is -0.462 e. The van der Waals surface area contributed by atoms with Crippen LogP contribution in [0, 0.1) is 34.5 Å². The van der Waals surface area contributed by atoms with E-state index in [0.29, 0.717) is 30.6 Å². The Morgan fingerprint density at radius 1 is 1.19 bits per heavy atom. The lowest BCUT2D eigenvalue weighted by molar-refractivity contribution is -0.149. The van der Waals surface area contributed by atoms with E-state index in [0.717, 1.165) is 25.2 Å². The second kappa shape index (κ2) is 5.68. The Kier molecular flexibility index (Phi) is 3.68. The number of ether oxygens (including phenoxy) is 1. The van der Waals surface area contributed by atoms with Gasteiger partial charge in [0.25, 0.3) is 0 Å². The van der Waals surface area contributed by atoms with Gasteiger partial charge in [0.1, 0.15) is 6.10 Å². The zero-order chi connectivity index (χ0) is 19.0. The van der Waals surface area contributed by atoms with E-state index in [2.05, 4.69) is 39.0 Å². The van der Waals surface area contributed by atoms with Gasteiger partial charge in [-0.05, 0) is 55.1 Å². The van der Waals surface area contributed by atoms with E-state index in [-0.39, 0.29) is 28.7 Å². The van der Waals surface area contributed by atoms with Crippen molar-refractivity contribution in [2.75, 3.05) is 0 Å². The molecule has 2 unspecified atom stereocenters. The summed E-state index contributed by atoms with van der Waals surface area (Å²) in [7, 11) is 0. The van der Waals surface area contributed by atoms with E-state index < -0.39 is 0 Å². The highest BCUT2D eigenvalue weighted by Gasteiger charge is 2.59. The number of esters is 1. The van der Waals surface area contributed by atoms with Gasteiger partial charge in [-0.2, -0.15) is 0 Å². The van der Waals surface area contributed by atoms with Gasteiger partial charge in [-0.15, -0.1) is 0 Å². The molecule has 0 bridgehead atoms. The fourth-order valence-corrected chi connectivity index (χ4v) is 6.64. The molecule has 0 amide bonds. The molecule has 0 aromatic rings. The fraction of sp³-hybridized carbons (Fsp3) is 0.667. The summed E-state index contributed by atoms with van der Waals surface area (Å²) in [5.41, 5.74) is 2.73. The van der Waals surface area contributed by atoms with E-state index in [1.807, 2.05) is 6.08 Å². The van der Waals surface area contributed by atoms with Crippen LogP contribution in [0.5, 0.6) is 0 Å². The molecule has 144 valence electrons. The average molecular weight is 367 g/mol. The highest BCUT2D eigenvalue weighted by molar-refractivity contribution is 5.92. The van der Waals surface area contributed by atoms with Crippen molar-refractivity contribution in [1.29, 1.82) is 0 Å². The molecule has 0 aromatic heterocycles. The van der Waals surface area contributed by atoms with Crippen LogP contribution < -0.4 is 0 Å². The molecule has 3 nitrogen and oxygen atoms in total. The predicted octanol–water partition coefficient (Wildman–Crippen LogP) is 4.78. The lowest BCUT2D eigenvalue weighted by Crippen LogP contribution is -2.49. The maximum Gasteiger partial charge on any atom is 0.306 e. The smallest absolute Gasteiger partial charge is 0.306 e. The molecular weight excluding hydrogens is 336 g/mol. The number of carbonyl (C=O) groups excluding carboxylic acids is 2. The topological polar surface area (TPSA) is 43.4 Å². The highest BCUT2D eigenvalue weighted by Crippen LogP contribution is 2.64. The van der Waals surface area contributed by atoms with Gasteiger partial charge in [-0.1, -0.05) is 44.6 Å². The van der Waals surface area contributed by atoms with Gasteiger partial charge in [-0.3, -0.25) is 9.59 Å². The van der Waals surface area contributed by atoms with Crippen molar-refractivity contribution in [2.45, 2.75) is 65.4 Å². The lowest BCUT2D eigenvalue weighted by Gasteiger charge is -2.53. The van der Waals surface area contributed by atoms with Crippen LogP contribution >= 0.6 is 0 Å². The number of allylic oxidation sites excluding steroid dienone is 6. The molecule has 27 heavy (non-hydrogen) atoms. The predicted molar refractivity (Wildman–Crippen MR) is 104 cm³/mol. The number of rotatable bonds is 2. The molecule has 1 saturated carbocycles. The zero-order valence-electron chi connectivity index (χ0n) is 16.7. The molecule has 1 heterocycles. The molecule has 4 aliphatic carbocycles. The highest BCUT2D eigenvalue weighted by atomic mass is 16.5. The molecular formula is C24H30O3. The number of fused-ring (bicyclic) bond motifs is 3. The van der Waals surface area contributed by atoms with E-state index in [4.69, 9.17) is 4.74 Å². The average Bonchev–Trinajstić information content (AvgIpc) is 3.16. The molecule has 3 heteroatoms. The molecule has 0 aromatic carbocycles. The second-order valence-electron chi connectivity index (χ2n) is 10.1. The monoisotopic (exact) mass is 366 g/mol. The zero-order valence-corrected chi connectivity index (χ0v) is 16.7. The van der Waals surface area contributed by atoms with Crippen LogP contribution in [-0.4, -0.2) is 17.9 Å². The summed E-state index contributed by atoms with van der Waals surface area (Å²) in [6, 6.07) is 0. The molecule has 0 N–H and O–H groups in total. The molecule has 7 atom stereocenters. The third kappa shape index (κ3) is 2.46. The molecule has 5 rings (SSSR count). The van der Waals surface area contributed by atoms with Gasteiger partial charge in [-0.25, -0.2) is 0 Å². The minimum absolute atomic E-state index is 0.00259. The van der Waals surface area contributed by atoms with E-state index in [1.54, 1.807) is 0 Å². The van der Waals surface area contributed by atoms with Crippen molar-refractivity contribution in [2.24, 2.45) is 34.5 Å². The number of hydrogen-bond donors (Lipinski definition) is 0. The Balaban J connectivity index is 1.58. The van der Waals surface area contributed by atoms with Crippen molar-refractivity contribution in [3.63, 3.8) is 0 Å². The van der Waals surface area contributed by atoms with Crippen LogP contribution in [0.1, 0.15) is 59.3 Å². The molecule has 2 fully saturated rings. The van der Waals surface area contributed by atoms with Crippen LogP contribution in [0.3, 0.4) is 0 Å². The standard InChI is InChI=1S/C24H30O3/c1-14-12-18(14)22-17-5-4-15-13-16(25)8-10-23(15,2)19(17)9-11-24(22,3)20-6-7-21(26)27-20/h4-5,9,13-14,17-18,20,22H,6-8,10-12H2,1-3H3/t14-,17?,18+,20+,22?,23-,24+/m0/s1. The van der Waals surface area contributed by atoms with Crippen molar-refractivity contribution >= 4 is 11.8 Å². The van der Waals surface area contributed by atoms with Gasteiger partial charge in [0.05, 0.1) is 0 Å². The Bertz CT molecular complexity index is 802. The second-order valence-corrected chi connectivity index (χ2v) is 10.1. The number of carbonyl (C=O) groups is 2. The summed E-state index contributed by atoms with van der Waals surface area (Å²) in [6.45, 7) is 7.06. The van der Waals surface area contributed by atoms with E-state index in [9.17, 15) is 9.59 Å². The summed E-state index contributed by atoms with van der Waals surface area (Å²) < 4.78 is 5.82. The Labute approximate surface area is 161 Å². The van der Waals surface area contributed by atoms with Crippen molar-refractivity contribution in [3.05, 3.63) is 35.5 Å². The first-order chi connectivity index (χ1) is 12.8.